The molecule has 174 valence electrons. The summed E-state index contributed by atoms with van der Waals surface area (Å²) >= 11 is 0. The number of hydrogen-bond donors (Lipinski definition) is 2. The molecule has 1 aliphatic heterocycles. The van der Waals surface area contributed by atoms with Gasteiger partial charge >= 0.3 is 11.7 Å². The fourth-order valence-corrected chi connectivity index (χ4v) is 3.73. The number of aromatic nitrogens is 4. The Morgan fingerprint density at radius 1 is 1.25 bits per heavy atom. The Balaban J connectivity index is 1.55. The molecule has 0 aliphatic carbocycles. The highest BCUT2D eigenvalue weighted by atomic mass is 16.5. The van der Waals surface area contributed by atoms with Crippen LogP contribution in [0.15, 0.2) is 9.59 Å². The summed E-state index contributed by atoms with van der Waals surface area (Å²) in [6.45, 7) is 2.79. The zero-order chi connectivity index (χ0) is 23.4. The molecule has 0 radical (unpaired) electrons. The highest BCUT2D eigenvalue weighted by Gasteiger charge is 2.30. The van der Waals surface area contributed by atoms with E-state index in [1.165, 1.54) is 16.5 Å². The number of ether oxygens (including phenoxy) is 1. The van der Waals surface area contributed by atoms with Gasteiger partial charge in [-0.25, -0.2) is 9.78 Å². The van der Waals surface area contributed by atoms with E-state index in [0.29, 0.717) is 38.4 Å². The maximum absolute atomic E-state index is 12.6. The summed E-state index contributed by atoms with van der Waals surface area (Å²) in [5.74, 6) is -0.716. The van der Waals surface area contributed by atoms with Crippen LogP contribution in [0.5, 0.6) is 0 Å². The number of piperidine rings is 1. The molecule has 1 fully saturated rings. The van der Waals surface area contributed by atoms with Crippen LogP contribution in [0.2, 0.25) is 0 Å². The number of fused-ring (bicyclic) bond motifs is 1. The standard InChI is InChI=1S/C20H28N6O6/c1-4-32-19(30)12-6-5-9-26(10-12)15(28)11-24(2)14(27)8-7-13-21-16-17(22-13)25(3)20(31)23-18(16)29/h12H,4-11H2,1-3H3,(H,21,22)(H,23,29,31). The topological polar surface area (TPSA) is 150 Å². The van der Waals surface area contributed by atoms with Crippen LogP contribution >= 0.6 is 0 Å². The number of aryl methyl sites for hydroxylation is 2. The van der Waals surface area contributed by atoms with E-state index in [1.54, 1.807) is 18.9 Å². The van der Waals surface area contributed by atoms with Crippen molar-refractivity contribution in [1.82, 2.24) is 29.3 Å². The minimum atomic E-state index is -0.571. The maximum atomic E-state index is 12.6. The number of nitrogens with zero attached hydrogens (tertiary/aromatic N) is 4. The third-order valence-corrected chi connectivity index (χ3v) is 5.57. The number of carbonyl (C=O) groups is 3. The largest absolute Gasteiger partial charge is 0.466 e. The number of H-pyrrole nitrogens is 2. The van der Waals surface area contributed by atoms with Crippen LogP contribution in [0.1, 0.15) is 32.0 Å². The number of aromatic amines is 2. The van der Waals surface area contributed by atoms with Gasteiger partial charge in [-0.05, 0) is 19.8 Å². The zero-order valence-corrected chi connectivity index (χ0v) is 18.5. The summed E-state index contributed by atoms with van der Waals surface area (Å²) in [5, 5.41) is 0. The van der Waals surface area contributed by atoms with Crippen molar-refractivity contribution in [1.29, 1.82) is 0 Å². The third-order valence-electron chi connectivity index (χ3n) is 5.57. The number of esters is 1. The SMILES string of the molecule is CCOC(=O)C1CCCN(C(=O)CN(C)C(=O)CCc2nc3c([nH]2)c(=O)[nH]c(=O)n3C)C1. The van der Waals surface area contributed by atoms with Crippen molar-refractivity contribution in [2.45, 2.75) is 32.6 Å². The summed E-state index contributed by atoms with van der Waals surface area (Å²) < 4.78 is 6.27. The Kier molecular flexibility index (Phi) is 7.11. The Morgan fingerprint density at radius 2 is 2.00 bits per heavy atom. The van der Waals surface area contributed by atoms with Gasteiger partial charge in [0.25, 0.3) is 5.56 Å². The third kappa shape index (κ3) is 5.06. The first-order valence-electron chi connectivity index (χ1n) is 10.6. The summed E-state index contributed by atoms with van der Waals surface area (Å²) in [5.41, 5.74) is -0.762. The molecular formula is C20H28N6O6. The van der Waals surface area contributed by atoms with Crippen LogP contribution in [0, 0.1) is 5.92 Å². The Labute approximate surface area is 183 Å². The Bertz CT molecular complexity index is 1130. The molecule has 12 heteroatoms. The molecule has 1 saturated heterocycles. The van der Waals surface area contributed by atoms with Crippen molar-refractivity contribution < 1.29 is 19.1 Å². The van der Waals surface area contributed by atoms with Crippen molar-refractivity contribution in [3.8, 4) is 0 Å². The molecule has 1 unspecified atom stereocenters. The highest BCUT2D eigenvalue weighted by molar-refractivity contribution is 5.85. The number of imidazole rings is 1. The van der Waals surface area contributed by atoms with Crippen molar-refractivity contribution in [3.63, 3.8) is 0 Å². The quantitative estimate of drug-likeness (QED) is 0.523. The van der Waals surface area contributed by atoms with Crippen LogP contribution < -0.4 is 11.2 Å². The highest BCUT2D eigenvalue weighted by Crippen LogP contribution is 2.18. The lowest BCUT2D eigenvalue weighted by Gasteiger charge is -2.32. The van der Waals surface area contributed by atoms with Crippen molar-refractivity contribution >= 4 is 28.9 Å². The van der Waals surface area contributed by atoms with E-state index < -0.39 is 11.2 Å². The van der Waals surface area contributed by atoms with E-state index in [4.69, 9.17) is 4.74 Å². The van der Waals surface area contributed by atoms with E-state index >= 15 is 0 Å². The van der Waals surface area contributed by atoms with E-state index in [-0.39, 0.29) is 54.3 Å². The lowest BCUT2D eigenvalue weighted by Crippen LogP contribution is -2.47. The molecule has 2 aromatic heterocycles. The predicted molar refractivity (Wildman–Crippen MR) is 114 cm³/mol. The smallest absolute Gasteiger partial charge is 0.329 e. The molecule has 0 bridgehead atoms. The zero-order valence-electron chi connectivity index (χ0n) is 18.5. The summed E-state index contributed by atoms with van der Waals surface area (Å²) in [4.78, 5) is 72.9. The van der Waals surface area contributed by atoms with Crippen molar-refractivity contribution in [2.24, 2.45) is 13.0 Å². The summed E-state index contributed by atoms with van der Waals surface area (Å²) in [7, 11) is 3.03. The fourth-order valence-electron chi connectivity index (χ4n) is 3.73. The van der Waals surface area contributed by atoms with Gasteiger partial charge in [-0.1, -0.05) is 0 Å². The lowest BCUT2D eigenvalue weighted by molar-refractivity contribution is -0.152. The molecule has 12 nitrogen and oxygen atoms in total. The second-order valence-corrected chi connectivity index (χ2v) is 7.88. The van der Waals surface area contributed by atoms with Gasteiger partial charge in [0.2, 0.25) is 11.8 Å². The van der Waals surface area contributed by atoms with Gasteiger partial charge in [0.1, 0.15) is 11.3 Å². The minimum absolute atomic E-state index is 0.0703. The molecule has 3 heterocycles. The normalized spacial score (nSPS) is 16.2. The fraction of sp³-hybridized carbons (Fsp3) is 0.600. The molecule has 2 aromatic rings. The van der Waals surface area contributed by atoms with Crippen LogP contribution in [0.25, 0.3) is 11.2 Å². The number of nitrogens with one attached hydrogen (secondary N) is 2. The first kappa shape index (κ1) is 23.2. The number of likely N-dealkylation sites (N-methyl/N-ethyl adjacent to an activating group) is 1. The van der Waals surface area contributed by atoms with Crippen molar-refractivity contribution in [3.05, 3.63) is 26.7 Å². The van der Waals surface area contributed by atoms with Crippen LogP contribution in [-0.2, 0) is 32.6 Å². The van der Waals surface area contributed by atoms with Crippen molar-refractivity contribution in [2.75, 3.05) is 33.3 Å². The number of amides is 2. The van der Waals surface area contributed by atoms with Crippen LogP contribution in [0.3, 0.4) is 0 Å². The lowest BCUT2D eigenvalue weighted by atomic mass is 9.98. The number of hydrogen-bond acceptors (Lipinski definition) is 7. The monoisotopic (exact) mass is 448 g/mol. The molecule has 1 atom stereocenters. The second kappa shape index (κ2) is 9.79. The predicted octanol–water partition coefficient (Wildman–Crippen LogP) is -0.857. The summed E-state index contributed by atoms with van der Waals surface area (Å²) in [6.07, 6.45) is 1.68. The number of likely N-dealkylation sites (tertiary alicyclic amines) is 1. The van der Waals surface area contributed by atoms with E-state index in [9.17, 15) is 24.0 Å². The van der Waals surface area contributed by atoms with Gasteiger partial charge < -0.3 is 19.5 Å². The maximum Gasteiger partial charge on any atom is 0.329 e. The Hall–Kier alpha value is -3.44. The first-order valence-corrected chi connectivity index (χ1v) is 10.6. The average Bonchev–Trinajstić information content (AvgIpc) is 3.21. The van der Waals surface area contributed by atoms with E-state index in [0.717, 1.165) is 0 Å². The molecule has 32 heavy (non-hydrogen) atoms. The molecule has 0 aromatic carbocycles. The van der Waals surface area contributed by atoms with Crippen LogP contribution in [-0.4, -0.2) is 80.4 Å². The Morgan fingerprint density at radius 3 is 2.72 bits per heavy atom. The van der Waals surface area contributed by atoms with E-state index in [2.05, 4.69) is 15.0 Å². The van der Waals surface area contributed by atoms with Gasteiger partial charge in [0.15, 0.2) is 5.65 Å². The molecule has 1 aliphatic rings. The number of carbonyl (C=O) groups excluding carboxylic acids is 3. The van der Waals surface area contributed by atoms with Gasteiger partial charge in [-0.15, -0.1) is 0 Å². The molecule has 0 spiro atoms. The van der Waals surface area contributed by atoms with E-state index in [1.807, 2.05) is 0 Å². The first-order chi connectivity index (χ1) is 15.2. The summed E-state index contributed by atoms with van der Waals surface area (Å²) in [6, 6.07) is 0. The van der Waals surface area contributed by atoms with Gasteiger partial charge in [0, 0.05) is 40.0 Å². The van der Waals surface area contributed by atoms with Crippen LogP contribution in [0.4, 0.5) is 0 Å². The molecular weight excluding hydrogens is 420 g/mol. The minimum Gasteiger partial charge on any atom is -0.466 e. The molecule has 2 N–H and O–H groups in total. The molecule has 0 saturated carbocycles. The van der Waals surface area contributed by atoms with Gasteiger partial charge in [-0.3, -0.25) is 28.7 Å². The second-order valence-electron chi connectivity index (χ2n) is 7.88. The molecule has 3 rings (SSSR count). The number of rotatable bonds is 7. The van der Waals surface area contributed by atoms with Gasteiger partial charge in [-0.2, -0.15) is 0 Å². The molecule has 2 amide bonds. The van der Waals surface area contributed by atoms with Gasteiger partial charge in [0.05, 0.1) is 19.1 Å². The average molecular weight is 448 g/mol.